The van der Waals surface area contributed by atoms with Gasteiger partial charge < -0.3 is 10.1 Å². The van der Waals surface area contributed by atoms with Gasteiger partial charge in [0.2, 0.25) is 5.91 Å². The summed E-state index contributed by atoms with van der Waals surface area (Å²) in [5.41, 5.74) is 0.364. The summed E-state index contributed by atoms with van der Waals surface area (Å²) in [5.74, 6) is -0.326. The molecule has 0 aliphatic heterocycles. The Hall–Kier alpha value is -1.32. The third-order valence-electron chi connectivity index (χ3n) is 2.40. The summed E-state index contributed by atoms with van der Waals surface area (Å²) in [5, 5.41) is 2.86. The Bertz CT molecular complexity index is 295. The van der Waals surface area contributed by atoms with Crippen molar-refractivity contribution in [2.75, 3.05) is 6.61 Å². The molecule has 0 bridgehead atoms. The SMILES string of the molecule is C=C(C)C(=O)OCC(NC(=O)C(C)C)C(C)C. The Morgan fingerprint density at radius 2 is 1.76 bits per heavy atom. The highest BCUT2D eigenvalue weighted by Crippen LogP contribution is 2.05. The van der Waals surface area contributed by atoms with Gasteiger partial charge in [0, 0.05) is 11.5 Å². The molecular formula is C13H23NO3. The van der Waals surface area contributed by atoms with Crippen LogP contribution in [0.5, 0.6) is 0 Å². The van der Waals surface area contributed by atoms with Crippen LogP contribution in [0.2, 0.25) is 0 Å². The van der Waals surface area contributed by atoms with Gasteiger partial charge in [-0.3, -0.25) is 4.79 Å². The Kier molecular flexibility index (Phi) is 6.54. The van der Waals surface area contributed by atoms with E-state index in [1.54, 1.807) is 6.92 Å². The molecule has 0 aromatic heterocycles. The molecule has 0 aromatic rings. The lowest BCUT2D eigenvalue weighted by molar-refractivity contribution is -0.141. The number of ether oxygens (including phenoxy) is 1. The van der Waals surface area contributed by atoms with Crippen molar-refractivity contribution in [2.24, 2.45) is 11.8 Å². The maximum absolute atomic E-state index is 11.6. The molecule has 0 spiro atoms. The van der Waals surface area contributed by atoms with E-state index >= 15 is 0 Å². The number of esters is 1. The maximum Gasteiger partial charge on any atom is 0.333 e. The molecular weight excluding hydrogens is 218 g/mol. The van der Waals surface area contributed by atoms with Crippen LogP contribution in [0, 0.1) is 11.8 Å². The smallest absolute Gasteiger partial charge is 0.333 e. The monoisotopic (exact) mass is 241 g/mol. The zero-order valence-electron chi connectivity index (χ0n) is 11.4. The highest BCUT2D eigenvalue weighted by Gasteiger charge is 2.19. The van der Waals surface area contributed by atoms with E-state index in [2.05, 4.69) is 11.9 Å². The first-order valence-electron chi connectivity index (χ1n) is 5.88. The summed E-state index contributed by atoms with van der Waals surface area (Å²) in [7, 11) is 0. The van der Waals surface area contributed by atoms with Crippen molar-refractivity contribution in [1.82, 2.24) is 5.32 Å². The maximum atomic E-state index is 11.6. The summed E-state index contributed by atoms with van der Waals surface area (Å²) in [6, 6.07) is -0.159. The molecule has 0 rings (SSSR count). The summed E-state index contributed by atoms with van der Waals surface area (Å²) >= 11 is 0. The fraction of sp³-hybridized carbons (Fsp3) is 0.692. The first-order valence-corrected chi connectivity index (χ1v) is 5.88. The number of hydrogen-bond acceptors (Lipinski definition) is 3. The largest absolute Gasteiger partial charge is 0.460 e. The molecule has 4 heteroatoms. The fourth-order valence-electron chi connectivity index (χ4n) is 1.04. The fourth-order valence-corrected chi connectivity index (χ4v) is 1.04. The molecule has 0 aliphatic rings. The Balaban J connectivity index is 4.31. The van der Waals surface area contributed by atoms with Gasteiger partial charge >= 0.3 is 5.97 Å². The minimum Gasteiger partial charge on any atom is -0.460 e. The van der Waals surface area contributed by atoms with Crippen LogP contribution in [0.4, 0.5) is 0 Å². The molecule has 1 atom stereocenters. The van der Waals surface area contributed by atoms with Crippen LogP contribution in [0.3, 0.4) is 0 Å². The standard InChI is InChI=1S/C13H23NO3/c1-8(2)11(14-12(15)9(3)4)7-17-13(16)10(5)6/h8-9,11H,5,7H2,1-4,6H3,(H,14,15). The lowest BCUT2D eigenvalue weighted by atomic mass is 10.0. The van der Waals surface area contributed by atoms with Crippen LogP contribution in [-0.2, 0) is 14.3 Å². The Morgan fingerprint density at radius 3 is 2.12 bits per heavy atom. The third-order valence-corrected chi connectivity index (χ3v) is 2.40. The molecule has 0 heterocycles. The van der Waals surface area contributed by atoms with Crippen molar-refractivity contribution in [3.63, 3.8) is 0 Å². The van der Waals surface area contributed by atoms with Crippen molar-refractivity contribution >= 4 is 11.9 Å². The molecule has 1 amide bonds. The average molecular weight is 241 g/mol. The summed E-state index contributed by atoms with van der Waals surface area (Å²) < 4.78 is 5.05. The van der Waals surface area contributed by atoms with Gasteiger partial charge in [0.15, 0.2) is 0 Å². The van der Waals surface area contributed by atoms with Gasteiger partial charge in [-0.05, 0) is 12.8 Å². The zero-order chi connectivity index (χ0) is 13.6. The van der Waals surface area contributed by atoms with Gasteiger partial charge in [0.25, 0.3) is 0 Å². The highest BCUT2D eigenvalue weighted by molar-refractivity contribution is 5.87. The van der Waals surface area contributed by atoms with Crippen molar-refractivity contribution < 1.29 is 14.3 Å². The van der Waals surface area contributed by atoms with E-state index in [0.29, 0.717) is 5.57 Å². The van der Waals surface area contributed by atoms with E-state index in [0.717, 1.165) is 0 Å². The van der Waals surface area contributed by atoms with Gasteiger partial charge in [-0.1, -0.05) is 34.3 Å². The molecule has 0 saturated heterocycles. The van der Waals surface area contributed by atoms with E-state index in [1.165, 1.54) is 0 Å². The molecule has 0 aromatic carbocycles. The first-order chi connectivity index (χ1) is 7.75. The van der Waals surface area contributed by atoms with Crippen LogP contribution >= 0.6 is 0 Å². The summed E-state index contributed by atoms with van der Waals surface area (Å²) in [6.45, 7) is 12.9. The molecule has 0 radical (unpaired) electrons. The Labute approximate surface area is 103 Å². The molecule has 0 saturated carbocycles. The second kappa shape index (κ2) is 7.09. The van der Waals surface area contributed by atoms with Crippen LogP contribution in [0.1, 0.15) is 34.6 Å². The molecule has 1 N–H and O–H groups in total. The summed E-state index contributed by atoms with van der Waals surface area (Å²) in [4.78, 5) is 22.8. The minimum absolute atomic E-state index is 0.0323. The molecule has 98 valence electrons. The van der Waals surface area contributed by atoms with Crippen molar-refractivity contribution in [2.45, 2.75) is 40.7 Å². The zero-order valence-corrected chi connectivity index (χ0v) is 11.4. The van der Waals surface area contributed by atoms with Gasteiger partial charge in [-0.25, -0.2) is 4.79 Å². The number of carbonyl (C=O) groups excluding carboxylic acids is 2. The van der Waals surface area contributed by atoms with Crippen LogP contribution in [0.15, 0.2) is 12.2 Å². The van der Waals surface area contributed by atoms with E-state index in [1.807, 2.05) is 27.7 Å². The van der Waals surface area contributed by atoms with E-state index < -0.39 is 5.97 Å². The van der Waals surface area contributed by atoms with Gasteiger partial charge in [-0.15, -0.1) is 0 Å². The average Bonchev–Trinajstić information content (AvgIpc) is 2.22. The van der Waals surface area contributed by atoms with Crippen LogP contribution in [0.25, 0.3) is 0 Å². The van der Waals surface area contributed by atoms with Crippen molar-refractivity contribution in [3.8, 4) is 0 Å². The first kappa shape index (κ1) is 15.7. The Morgan fingerprint density at radius 1 is 1.24 bits per heavy atom. The van der Waals surface area contributed by atoms with Gasteiger partial charge in [-0.2, -0.15) is 0 Å². The number of amides is 1. The molecule has 0 fully saturated rings. The number of hydrogen-bond donors (Lipinski definition) is 1. The number of nitrogens with one attached hydrogen (secondary N) is 1. The lowest BCUT2D eigenvalue weighted by Crippen LogP contribution is -2.44. The van der Waals surface area contributed by atoms with Crippen molar-refractivity contribution in [1.29, 1.82) is 0 Å². The normalized spacial score (nSPS) is 12.4. The minimum atomic E-state index is -0.422. The topological polar surface area (TPSA) is 55.4 Å². The molecule has 0 aliphatic carbocycles. The second-order valence-electron chi connectivity index (χ2n) is 4.89. The summed E-state index contributed by atoms with van der Waals surface area (Å²) in [6.07, 6.45) is 0. The number of carbonyl (C=O) groups is 2. The third kappa shape index (κ3) is 6.09. The highest BCUT2D eigenvalue weighted by atomic mass is 16.5. The van der Waals surface area contributed by atoms with Crippen LogP contribution < -0.4 is 5.32 Å². The van der Waals surface area contributed by atoms with E-state index in [4.69, 9.17) is 4.74 Å². The second-order valence-corrected chi connectivity index (χ2v) is 4.89. The lowest BCUT2D eigenvalue weighted by Gasteiger charge is -2.23. The van der Waals surface area contributed by atoms with E-state index in [9.17, 15) is 9.59 Å². The predicted molar refractivity (Wildman–Crippen MR) is 67.4 cm³/mol. The van der Waals surface area contributed by atoms with Crippen LogP contribution in [-0.4, -0.2) is 24.5 Å². The number of rotatable bonds is 6. The molecule has 4 nitrogen and oxygen atoms in total. The quantitative estimate of drug-likeness (QED) is 0.571. The predicted octanol–water partition coefficient (Wildman–Crippen LogP) is 1.90. The van der Waals surface area contributed by atoms with E-state index in [-0.39, 0.29) is 30.4 Å². The van der Waals surface area contributed by atoms with Gasteiger partial charge in [0.05, 0.1) is 6.04 Å². The van der Waals surface area contributed by atoms with Gasteiger partial charge in [0.1, 0.15) is 6.61 Å². The van der Waals surface area contributed by atoms with Crippen molar-refractivity contribution in [3.05, 3.63) is 12.2 Å². The molecule has 1 unspecified atom stereocenters. The molecule has 17 heavy (non-hydrogen) atoms.